The van der Waals surface area contributed by atoms with Crippen LogP contribution in [0.1, 0.15) is 52.9 Å². The van der Waals surface area contributed by atoms with Gasteiger partial charge in [0.05, 0.1) is 6.54 Å². The summed E-state index contributed by atoms with van der Waals surface area (Å²) in [6, 6.07) is 0.668. The van der Waals surface area contributed by atoms with Crippen molar-refractivity contribution in [2.75, 3.05) is 19.6 Å². The average molecular weight is 269 g/mol. The molecule has 0 aliphatic carbocycles. The zero-order valence-corrected chi connectivity index (χ0v) is 12.8. The molecule has 4 nitrogen and oxygen atoms in total. The molecule has 1 aliphatic rings. The van der Waals surface area contributed by atoms with E-state index in [1.54, 1.807) is 0 Å². The van der Waals surface area contributed by atoms with E-state index in [1.807, 2.05) is 0 Å². The molecule has 0 radical (unpaired) electrons. The molecule has 3 N–H and O–H groups in total. The number of hydrogen-bond acceptors (Lipinski definition) is 3. The summed E-state index contributed by atoms with van der Waals surface area (Å²) in [7, 11) is 0. The van der Waals surface area contributed by atoms with Gasteiger partial charge >= 0.3 is 0 Å². The van der Waals surface area contributed by atoms with Crippen LogP contribution in [0.25, 0.3) is 0 Å². The Bertz CT molecular complexity index is 268. The Hall–Kier alpha value is -0.610. The first-order chi connectivity index (χ1) is 9.02. The van der Waals surface area contributed by atoms with Crippen LogP contribution < -0.4 is 11.1 Å². The Morgan fingerprint density at radius 1 is 1.32 bits per heavy atom. The van der Waals surface area contributed by atoms with Gasteiger partial charge in [-0.15, -0.1) is 0 Å². The predicted octanol–water partition coefficient (Wildman–Crippen LogP) is 1.74. The summed E-state index contributed by atoms with van der Waals surface area (Å²) in [5.41, 5.74) is 5.78. The van der Waals surface area contributed by atoms with E-state index in [0.29, 0.717) is 25.0 Å². The van der Waals surface area contributed by atoms with Crippen LogP contribution in [0, 0.1) is 5.92 Å². The van der Waals surface area contributed by atoms with Crippen molar-refractivity contribution in [3.05, 3.63) is 0 Å². The SMILES string of the molecule is CC(C)CCC(C)NC(=O)CN1CCCCC1CN. The molecule has 0 aromatic rings. The minimum absolute atomic E-state index is 0.150. The normalized spacial score (nSPS) is 22.5. The molecule has 112 valence electrons. The molecule has 0 spiro atoms. The number of nitrogens with one attached hydrogen (secondary N) is 1. The maximum absolute atomic E-state index is 12.0. The second kappa shape index (κ2) is 8.54. The minimum atomic E-state index is 0.150. The van der Waals surface area contributed by atoms with Crippen LogP contribution >= 0.6 is 0 Å². The molecule has 1 amide bonds. The van der Waals surface area contributed by atoms with Gasteiger partial charge in [0.25, 0.3) is 0 Å². The van der Waals surface area contributed by atoms with Gasteiger partial charge in [-0.25, -0.2) is 0 Å². The third kappa shape index (κ3) is 6.39. The van der Waals surface area contributed by atoms with E-state index in [0.717, 1.165) is 25.8 Å². The fourth-order valence-electron chi connectivity index (χ4n) is 2.70. The van der Waals surface area contributed by atoms with E-state index in [9.17, 15) is 4.79 Å². The number of amides is 1. The van der Waals surface area contributed by atoms with Gasteiger partial charge in [-0.05, 0) is 45.1 Å². The molecule has 1 saturated heterocycles. The van der Waals surface area contributed by atoms with Crippen LogP contribution in [0.4, 0.5) is 0 Å². The van der Waals surface area contributed by atoms with Crippen molar-refractivity contribution in [3.63, 3.8) is 0 Å². The Labute approximate surface area is 118 Å². The number of rotatable bonds is 7. The van der Waals surface area contributed by atoms with Crippen molar-refractivity contribution < 1.29 is 4.79 Å². The summed E-state index contributed by atoms with van der Waals surface area (Å²) in [5.74, 6) is 0.847. The molecular weight excluding hydrogens is 238 g/mol. The van der Waals surface area contributed by atoms with E-state index in [4.69, 9.17) is 5.73 Å². The van der Waals surface area contributed by atoms with E-state index in [1.165, 1.54) is 12.8 Å². The minimum Gasteiger partial charge on any atom is -0.353 e. The molecule has 1 aliphatic heterocycles. The highest BCUT2D eigenvalue weighted by atomic mass is 16.2. The fourth-order valence-corrected chi connectivity index (χ4v) is 2.70. The quantitative estimate of drug-likeness (QED) is 0.740. The van der Waals surface area contributed by atoms with Gasteiger partial charge in [0.2, 0.25) is 5.91 Å². The summed E-state index contributed by atoms with van der Waals surface area (Å²) in [6.45, 7) is 8.71. The lowest BCUT2D eigenvalue weighted by molar-refractivity contribution is -0.123. The van der Waals surface area contributed by atoms with Gasteiger partial charge in [-0.1, -0.05) is 20.3 Å². The molecule has 0 saturated carbocycles. The number of nitrogens with two attached hydrogens (primary N) is 1. The van der Waals surface area contributed by atoms with Crippen molar-refractivity contribution in [1.82, 2.24) is 10.2 Å². The Morgan fingerprint density at radius 3 is 2.68 bits per heavy atom. The largest absolute Gasteiger partial charge is 0.353 e. The fraction of sp³-hybridized carbons (Fsp3) is 0.933. The van der Waals surface area contributed by atoms with Gasteiger partial charge < -0.3 is 11.1 Å². The topological polar surface area (TPSA) is 58.4 Å². The average Bonchev–Trinajstić information content (AvgIpc) is 2.37. The van der Waals surface area contributed by atoms with E-state index >= 15 is 0 Å². The zero-order chi connectivity index (χ0) is 14.3. The molecule has 1 rings (SSSR count). The van der Waals surface area contributed by atoms with Crippen molar-refractivity contribution >= 4 is 5.91 Å². The molecular formula is C15H31N3O. The van der Waals surface area contributed by atoms with Crippen molar-refractivity contribution in [2.24, 2.45) is 11.7 Å². The summed E-state index contributed by atoms with van der Waals surface area (Å²) < 4.78 is 0. The van der Waals surface area contributed by atoms with Crippen LogP contribution in [0.5, 0.6) is 0 Å². The zero-order valence-electron chi connectivity index (χ0n) is 12.8. The first kappa shape index (κ1) is 16.4. The number of hydrogen-bond donors (Lipinski definition) is 2. The third-order valence-electron chi connectivity index (χ3n) is 3.95. The Morgan fingerprint density at radius 2 is 2.05 bits per heavy atom. The molecule has 4 heteroatoms. The van der Waals surface area contributed by atoms with Gasteiger partial charge in [-0.3, -0.25) is 9.69 Å². The Kier molecular flexibility index (Phi) is 7.39. The van der Waals surface area contributed by atoms with Crippen LogP contribution in [-0.2, 0) is 4.79 Å². The summed E-state index contributed by atoms with van der Waals surface area (Å²) in [4.78, 5) is 14.3. The maximum Gasteiger partial charge on any atom is 0.234 e. The van der Waals surface area contributed by atoms with Crippen LogP contribution in [-0.4, -0.2) is 42.5 Å². The van der Waals surface area contributed by atoms with E-state index < -0.39 is 0 Å². The van der Waals surface area contributed by atoms with Crippen molar-refractivity contribution in [1.29, 1.82) is 0 Å². The highest BCUT2D eigenvalue weighted by Crippen LogP contribution is 2.15. The van der Waals surface area contributed by atoms with Crippen molar-refractivity contribution in [2.45, 2.75) is 65.0 Å². The molecule has 1 fully saturated rings. The first-order valence-electron chi connectivity index (χ1n) is 7.76. The van der Waals surface area contributed by atoms with Crippen LogP contribution in [0.3, 0.4) is 0 Å². The summed E-state index contributed by atoms with van der Waals surface area (Å²) in [6.07, 6.45) is 5.78. The predicted molar refractivity (Wildman–Crippen MR) is 79.9 cm³/mol. The Balaban J connectivity index is 2.29. The summed E-state index contributed by atoms with van der Waals surface area (Å²) >= 11 is 0. The lowest BCUT2D eigenvalue weighted by atomic mass is 10.0. The van der Waals surface area contributed by atoms with Gasteiger partial charge in [0.15, 0.2) is 0 Å². The van der Waals surface area contributed by atoms with Gasteiger partial charge in [-0.2, -0.15) is 0 Å². The highest BCUT2D eigenvalue weighted by Gasteiger charge is 2.23. The molecule has 2 unspecified atom stereocenters. The third-order valence-corrected chi connectivity index (χ3v) is 3.95. The van der Waals surface area contributed by atoms with Gasteiger partial charge in [0.1, 0.15) is 0 Å². The smallest absolute Gasteiger partial charge is 0.234 e. The number of likely N-dealkylation sites (tertiary alicyclic amines) is 1. The van der Waals surface area contributed by atoms with Gasteiger partial charge in [0, 0.05) is 18.6 Å². The standard InChI is InChI=1S/C15H31N3O/c1-12(2)7-8-13(3)17-15(19)11-18-9-5-4-6-14(18)10-16/h12-14H,4-11,16H2,1-3H3,(H,17,19). The molecule has 1 heterocycles. The highest BCUT2D eigenvalue weighted by molar-refractivity contribution is 5.78. The molecule has 19 heavy (non-hydrogen) atoms. The van der Waals surface area contributed by atoms with E-state index in [2.05, 4.69) is 31.0 Å². The first-order valence-corrected chi connectivity index (χ1v) is 7.76. The van der Waals surface area contributed by atoms with Crippen molar-refractivity contribution in [3.8, 4) is 0 Å². The maximum atomic E-state index is 12.0. The molecule has 2 atom stereocenters. The number of carbonyl (C=O) groups excluding carboxylic acids is 1. The lowest BCUT2D eigenvalue weighted by Crippen LogP contribution is -2.49. The summed E-state index contributed by atoms with van der Waals surface area (Å²) in [5, 5.41) is 3.11. The molecule has 0 aromatic heterocycles. The van der Waals surface area contributed by atoms with Crippen LogP contribution in [0.15, 0.2) is 0 Å². The number of nitrogens with zero attached hydrogens (tertiary/aromatic N) is 1. The lowest BCUT2D eigenvalue weighted by Gasteiger charge is -2.34. The second-order valence-electron chi connectivity index (χ2n) is 6.30. The van der Waals surface area contributed by atoms with E-state index in [-0.39, 0.29) is 11.9 Å². The monoisotopic (exact) mass is 269 g/mol. The second-order valence-corrected chi connectivity index (χ2v) is 6.30. The molecule has 0 bridgehead atoms. The molecule has 0 aromatic carbocycles. The number of carbonyl (C=O) groups is 1. The van der Waals surface area contributed by atoms with Crippen LogP contribution in [0.2, 0.25) is 0 Å². The number of piperidine rings is 1.